The molecule has 1 aliphatic carbocycles. The molecule has 7 heteroatoms. The summed E-state index contributed by atoms with van der Waals surface area (Å²) in [5.74, 6) is -0.130. The summed E-state index contributed by atoms with van der Waals surface area (Å²) in [6, 6.07) is 0. The number of hydrogen-bond acceptors (Lipinski definition) is 6. The second kappa shape index (κ2) is 5.56. The van der Waals surface area contributed by atoms with Crippen LogP contribution in [0, 0.1) is 0 Å². The van der Waals surface area contributed by atoms with Crippen LogP contribution < -0.4 is 11.1 Å². The molecule has 0 saturated carbocycles. The van der Waals surface area contributed by atoms with Gasteiger partial charge in [0.1, 0.15) is 0 Å². The van der Waals surface area contributed by atoms with E-state index in [1.54, 1.807) is 5.38 Å². The Morgan fingerprint density at radius 2 is 2.25 bits per heavy atom. The van der Waals surface area contributed by atoms with E-state index in [9.17, 15) is 4.79 Å². The molecule has 1 amide bonds. The predicted molar refractivity (Wildman–Crippen MR) is 82.7 cm³/mol. The van der Waals surface area contributed by atoms with Crippen LogP contribution in [0.15, 0.2) is 29.0 Å². The number of nitrogens with one attached hydrogen (secondary N) is 1. The molecule has 0 radical (unpaired) electrons. The van der Waals surface area contributed by atoms with Gasteiger partial charge in [-0.05, 0) is 12.0 Å². The monoisotopic (exact) mass is 304 g/mol. The molecule has 0 spiro atoms. The van der Waals surface area contributed by atoms with Gasteiger partial charge in [0.05, 0.1) is 17.8 Å². The number of nitrogens with zero attached hydrogens (tertiary/aromatic N) is 2. The highest BCUT2D eigenvalue weighted by Crippen LogP contribution is 2.26. The molecule has 3 N–H and O–H groups in total. The molecule has 2 aromatic heterocycles. The van der Waals surface area contributed by atoms with E-state index in [2.05, 4.69) is 21.4 Å². The van der Waals surface area contributed by atoms with Gasteiger partial charge < -0.3 is 11.1 Å². The van der Waals surface area contributed by atoms with E-state index in [0.717, 1.165) is 12.1 Å². The van der Waals surface area contributed by atoms with Gasteiger partial charge in [0.25, 0.3) is 0 Å². The fourth-order valence-electron chi connectivity index (χ4n) is 1.85. The number of anilines is 2. The number of thiazole rings is 2. The number of amides is 1. The maximum Gasteiger partial charge on any atom is 0.232 e. The van der Waals surface area contributed by atoms with Crippen LogP contribution in [-0.2, 0) is 11.2 Å². The van der Waals surface area contributed by atoms with Crippen molar-refractivity contribution < 1.29 is 4.79 Å². The fraction of sp³-hybridized carbons (Fsp3) is 0.154. The summed E-state index contributed by atoms with van der Waals surface area (Å²) < 4.78 is 0. The third-order valence-electron chi connectivity index (χ3n) is 2.76. The summed E-state index contributed by atoms with van der Waals surface area (Å²) in [6.07, 6.45) is 7.25. The van der Waals surface area contributed by atoms with Crippen molar-refractivity contribution in [3.05, 3.63) is 40.4 Å². The van der Waals surface area contributed by atoms with Crippen molar-refractivity contribution in [1.82, 2.24) is 9.97 Å². The van der Waals surface area contributed by atoms with Crippen molar-refractivity contribution in [3.8, 4) is 0 Å². The first-order chi connectivity index (χ1) is 9.70. The summed E-state index contributed by atoms with van der Waals surface area (Å²) in [5, 5.41) is 7.62. The standard InChI is InChI=1S/C13H12N4OS2/c14-12-15-9(6-19-12)5-11(18)17-13-16-10(7-20-13)8-3-1-2-4-8/h1-3,6-7H,4-5H2,(H2,14,15)(H,16,17,18). The number of hydrogen-bond donors (Lipinski definition) is 2. The average Bonchev–Trinajstić information content (AvgIpc) is 3.10. The zero-order chi connectivity index (χ0) is 13.9. The van der Waals surface area contributed by atoms with Crippen LogP contribution in [0.4, 0.5) is 10.3 Å². The largest absolute Gasteiger partial charge is 0.375 e. The normalized spacial score (nSPS) is 13.5. The van der Waals surface area contributed by atoms with Crippen molar-refractivity contribution in [2.75, 3.05) is 11.1 Å². The number of aromatic nitrogens is 2. The van der Waals surface area contributed by atoms with Crippen LogP contribution >= 0.6 is 22.7 Å². The minimum Gasteiger partial charge on any atom is -0.375 e. The summed E-state index contributed by atoms with van der Waals surface area (Å²) in [5.41, 5.74) is 8.32. The molecule has 0 aliphatic heterocycles. The lowest BCUT2D eigenvalue weighted by molar-refractivity contribution is -0.115. The Morgan fingerprint density at radius 3 is 2.95 bits per heavy atom. The van der Waals surface area contributed by atoms with Gasteiger partial charge in [0.15, 0.2) is 10.3 Å². The highest BCUT2D eigenvalue weighted by atomic mass is 32.1. The van der Waals surface area contributed by atoms with Crippen LogP contribution in [0.2, 0.25) is 0 Å². The number of nitrogen functional groups attached to an aromatic ring is 1. The molecule has 0 atom stereocenters. The number of allylic oxidation sites excluding steroid dienone is 4. The number of rotatable bonds is 4. The van der Waals surface area contributed by atoms with Gasteiger partial charge in [-0.1, -0.05) is 18.2 Å². The van der Waals surface area contributed by atoms with Gasteiger partial charge >= 0.3 is 0 Å². The Bertz CT molecular complexity index is 699. The third kappa shape index (κ3) is 2.94. The first kappa shape index (κ1) is 13.0. The molecule has 0 fully saturated rings. The van der Waals surface area contributed by atoms with Crippen LogP contribution in [0.25, 0.3) is 5.57 Å². The molecule has 3 rings (SSSR count). The zero-order valence-electron chi connectivity index (χ0n) is 10.5. The molecule has 2 aromatic rings. The molecule has 0 unspecified atom stereocenters. The zero-order valence-corrected chi connectivity index (χ0v) is 12.1. The number of carbonyl (C=O) groups excluding carboxylic acids is 1. The smallest absolute Gasteiger partial charge is 0.232 e. The van der Waals surface area contributed by atoms with E-state index in [4.69, 9.17) is 5.73 Å². The Labute approximate surface area is 123 Å². The minimum absolute atomic E-state index is 0.130. The van der Waals surface area contributed by atoms with E-state index < -0.39 is 0 Å². The Morgan fingerprint density at radius 1 is 1.35 bits per heavy atom. The quantitative estimate of drug-likeness (QED) is 0.910. The molecule has 2 heterocycles. The van der Waals surface area contributed by atoms with E-state index >= 15 is 0 Å². The Kier molecular flexibility index (Phi) is 3.62. The molecule has 1 aliphatic rings. The molecular formula is C13H12N4OS2. The lowest BCUT2D eigenvalue weighted by Gasteiger charge is -1.99. The molecule has 0 aromatic carbocycles. The molecule has 20 heavy (non-hydrogen) atoms. The van der Waals surface area contributed by atoms with Gasteiger partial charge in [-0.2, -0.15) is 0 Å². The van der Waals surface area contributed by atoms with Crippen molar-refractivity contribution in [2.45, 2.75) is 12.8 Å². The van der Waals surface area contributed by atoms with Gasteiger partial charge in [0, 0.05) is 10.8 Å². The molecule has 0 saturated heterocycles. The highest BCUT2D eigenvalue weighted by molar-refractivity contribution is 7.14. The summed E-state index contributed by atoms with van der Waals surface area (Å²) >= 11 is 2.76. The second-order valence-corrected chi connectivity index (χ2v) is 6.01. The molecular weight excluding hydrogens is 292 g/mol. The SMILES string of the molecule is Nc1nc(CC(=O)Nc2nc(C3=CC=CC3)cs2)cs1. The number of carbonyl (C=O) groups is 1. The van der Waals surface area contributed by atoms with Gasteiger partial charge in [0.2, 0.25) is 5.91 Å². The second-order valence-electron chi connectivity index (χ2n) is 4.26. The van der Waals surface area contributed by atoms with Crippen LogP contribution in [0.3, 0.4) is 0 Å². The van der Waals surface area contributed by atoms with Crippen molar-refractivity contribution in [1.29, 1.82) is 0 Å². The maximum absolute atomic E-state index is 11.9. The molecule has 102 valence electrons. The van der Waals surface area contributed by atoms with E-state index in [-0.39, 0.29) is 12.3 Å². The highest BCUT2D eigenvalue weighted by Gasteiger charge is 2.11. The third-order valence-corrected chi connectivity index (χ3v) is 4.24. The van der Waals surface area contributed by atoms with Crippen LogP contribution in [0.1, 0.15) is 17.8 Å². The summed E-state index contributed by atoms with van der Waals surface area (Å²) in [4.78, 5) is 20.4. The van der Waals surface area contributed by atoms with Crippen LogP contribution in [0.5, 0.6) is 0 Å². The van der Waals surface area contributed by atoms with Gasteiger partial charge in [-0.3, -0.25) is 4.79 Å². The number of nitrogens with two attached hydrogens (primary N) is 1. The van der Waals surface area contributed by atoms with E-state index in [0.29, 0.717) is 16.0 Å². The lowest BCUT2D eigenvalue weighted by atomic mass is 10.2. The average molecular weight is 304 g/mol. The predicted octanol–water partition coefficient (Wildman–Crippen LogP) is 2.71. The fourth-order valence-corrected chi connectivity index (χ4v) is 3.16. The van der Waals surface area contributed by atoms with Crippen molar-refractivity contribution in [2.24, 2.45) is 0 Å². The maximum atomic E-state index is 11.9. The summed E-state index contributed by atoms with van der Waals surface area (Å²) in [7, 11) is 0. The molecule has 5 nitrogen and oxygen atoms in total. The van der Waals surface area contributed by atoms with E-state index in [1.807, 2.05) is 17.5 Å². The van der Waals surface area contributed by atoms with E-state index in [1.165, 1.54) is 28.2 Å². The lowest BCUT2D eigenvalue weighted by Crippen LogP contribution is -2.14. The van der Waals surface area contributed by atoms with Gasteiger partial charge in [-0.25, -0.2) is 9.97 Å². The molecule has 0 bridgehead atoms. The summed E-state index contributed by atoms with van der Waals surface area (Å²) in [6.45, 7) is 0. The first-order valence-corrected chi connectivity index (χ1v) is 7.78. The topological polar surface area (TPSA) is 80.9 Å². The first-order valence-electron chi connectivity index (χ1n) is 6.02. The Hall–Kier alpha value is -1.99. The van der Waals surface area contributed by atoms with Crippen molar-refractivity contribution >= 4 is 44.4 Å². The Balaban J connectivity index is 1.61. The van der Waals surface area contributed by atoms with Gasteiger partial charge in [-0.15, -0.1) is 22.7 Å². The van der Waals surface area contributed by atoms with Crippen LogP contribution in [-0.4, -0.2) is 15.9 Å². The van der Waals surface area contributed by atoms with Crippen molar-refractivity contribution in [3.63, 3.8) is 0 Å². The minimum atomic E-state index is -0.130.